The maximum Gasteiger partial charge on any atom is 0.327 e. The lowest BCUT2D eigenvalue weighted by Gasteiger charge is -1.90. The molecule has 0 aliphatic rings. The van der Waals surface area contributed by atoms with Gasteiger partial charge < -0.3 is 0 Å². The van der Waals surface area contributed by atoms with Crippen LogP contribution in [0.2, 0.25) is 0 Å². The fraction of sp³-hybridized carbons (Fsp3) is 0. The number of hydrogen-bond donors (Lipinski definition) is 2. The van der Waals surface area contributed by atoms with Crippen molar-refractivity contribution in [1.82, 2.24) is 19.9 Å². The van der Waals surface area contributed by atoms with Gasteiger partial charge in [-0.25, -0.2) is 14.8 Å². The van der Waals surface area contributed by atoms with E-state index in [0.717, 1.165) is 0 Å². The monoisotopic (exact) mass is 308 g/mol. The zero-order chi connectivity index (χ0) is 8.55. The number of aromatic amines is 2. The average Bonchev–Trinajstić information content (AvgIpc) is 2.04. The second-order valence-corrected chi connectivity index (χ2v) is 2.16. The van der Waals surface area contributed by atoms with Crippen LogP contribution >= 0.6 is 49.6 Å². The van der Waals surface area contributed by atoms with Crippen LogP contribution < -0.4 is 11.2 Å². The molecule has 2 rings (SSSR count). The van der Waals surface area contributed by atoms with Gasteiger partial charge in [0.2, 0.25) is 0 Å². The van der Waals surface area contributed by atoms with E-state index < -0.39 is 11.2 Å². The summed E-state index contributed by atoms with van der Waals surface area (Å²) < 4.78 is 0. The van der Waals surface area contributed by atoms with Crippen LogP contribution in [0.1, 0.15) is 0 Å². The molecule has 0 aliphatic heterocycles. The molecule has 92 valence electrons. The van der Waals surface area contributed by atoms with Crippen molar-refractivity contribution < 1.29 is 0 Å². The van der Waals surface area contributed by atoms with Crippen LogP contribution in [-0.2, 0) is 0 Å². The van der Waals surface area contributed by atoms with Gasteiger partial charge in [-0.1, -0.05) is 0 Å². The highest BCUT2D eigenvalue weighted by Gasteiger charge is 1.99. The molecule has 6 nitrogen and oxygen atoms in total. The van der Waals surface area contributed by atoms with Crippen molar-refractivity contribution in [2.45, 2.75) is 0 Å². The highest BCUT2D eigenvalue weighted by atomic mass is 35.5. The van der Waals surface area contributed by atoms with Crippen LogP contribution in [0.15, 0.2) is 22.0 Å². The maximum atomic E-state index is 11.0. The SMILES string of the molecule is Cl.Cl.Cl.Cl.O=c1[nH]c(=O)c2nccnc2[nH]1. The number of nitrogens with zero attached hydrogens (tertiary/aromatic N) is 2. The Morgan fingerprint density at radius 3 is 2.06 bits per heavy atom. The standard InChI is InChI=1S/C6H4N4O2.4ClH/c11-5-3-4(8-2-1-7-3)9-6(12)10-5;;;;/h1-2H,(H2,8,9,10,11,12);4*1H. The van der Waals surface area contributed by atoms with E-state index in [2.05, 4.69) is 15.0 Å². The van der Waals surface area contributed by atoms with Crippen molar-refractivity contribution in [3.05, 3.63) is 33.2 Å². The molecular formula is C6H8Cl4N4O2. The van der Waals surface area contributed by atoms with Gasteiger partial charge in [0, 0.05) is 12.4 Å². The Bertz CT molecular complexity index is 540. The fourth-order valence-corrected chi connectivity index (χ4v) is 0.897. The van der Waals surface area contributed by atoms with Crippen LogP contribution in [0, 0.1) is 0 Å². The molecule has 10 heteroatoms. The molecule has 0 fully saturated rings. The van der Waals surface area contributed by atoms with E-state index in [-0.39, 0.29) is 60.8 Å². The van der Waals surface area contributed by atoms with E-state index in [1.165, 1.54) is 12.4 Å². The Labute approximate surface area is 114 Å². The molecular weight excluding hydrogens is 302 g/mol. The minimum absolute atomic E-state index is 0. The van der Waals surface area contributed by atoms with Gasteiger partial charge in [0.1, 0.15) is 0 Å². The van der Waals surface area contributed by atoms with Crippen molar-refractivity contribution in [2.75, 3.05) is 0 Å². The predicted octanol–water partition coefficient (Wildman–Crippen LogP) is 0.694. The van der Waals surface area contributed by atoms with E-state index in [1.54, 1.807) is 0 Å². The molecule has 0 spiro atoms. The summed E-state index contributed by atoms with van der Waals surface area (Å²) in [5.74, 6) is 0. The molecule has 2 aromatic heterocycles. The molecule has 0 bridgehead atoms. The highest BCUT2D eigenvalue weighted by molar-refractivity contribution is 5.86. The van der Waals surface area contributed by atoms with Gasteiger partial charge in [0.25, 0.3) is 5.56 Å². The molecule has 2 N–H and O–H groups in total. The van der Waals surface area contributed by atoms with Crippen LogP contribution in [-0.4, -0.2) is 19.9 Å². The smallest absolute Gasteiger partial charge is 0.290 e. The number of halogens is 4. The lowest BCUT2D eigenvalue weighted by Crippen LogP contribution is -2.22. The molecule has 0 atom stereocenters. The summed E-state index contributed by atoms with van der Waals surface area (Å²) in [7, 11) is 0. The van der Waals surface area contributed by atoms with Crippen LogP contribution in [0.4, 0.5) is 0 Å². The number of nitrogens with one attached hydrogen (secondary N) is 2. The Morgan fingerprint density at radius 2 is 1.44 bits per heavy atom. The van der Waals surface area contributed by atoms with Crippen molar-refractivity contribution >= 4 is 60.8 Å². The van der Waals surface area contributed by atoms with E-state index in [9.17, 15) is 9.59 Å². The third-order valence-electron chi connectivity index (χ3n) is 1.37. The topological polar surface area (TPSA) is 91.5 Å². The van der Waals surface area contributed by atoms with E-state index >= 15 is 0 Å². The molecule has 0 unspecified atom stereocenters. The molecule has 2 heterocycles. The Kier molecular flexibility index (Phi) is 10.7. The van der Waals surface area contributed by atoms with Gasteiger partial charge in [0.05, 0.1) is 0 Å². The summed E-state index contributed by atoms with van der Waals surface area (Å²) in [6, 6.07) is 0. The summed E-state index contributed by atoms with van der Waals surface area (Å²) in [6.07, 6.45) is 2.79. The van der Waals surface area contributed by atoms with Gasteiger partial charge in [-0.2, -0.15) is 0 Å². The van der Waals surface area contributed by atoms with Crippen molar-refractivity contribution in [3.63, 3.8) is 0 Å². The Morgan fingerprint density at radius 1 is 0.875 bits per heavy atom. The summed E-state index contributed by atoms with van der Waals surface area (Å²) in [4.78, 5) is 33.6. The molecule has 0 radical (unpaired) electrons. The van der Waals surface area contributed by atoms with E-state index in [4.69, 9.17) is 0 Å². The molecule has 2 aromatic rings. The summed E-state index contributed by atoms with van der Waals surface area (Å²) in [5.41, 5.74) is -0.766. The largest absolute Gasteiger partial charge is 0.327 e. The normalized spacial score (nSPS) is 7.75. The third kappa shape index (κ3) is 3.97. The first-order valence-electron chi connectivity index (χ1n) is 3.21. The van der Waals surface area contributed by atoms with Gasteiger partial charge in [-0.15, -0.1) is 49.6 Å². The minimum Gasteiger partial charge on any atom is -0.290 e. The number of H-pyrrole nitrogens is 2. The minimum atomic E-state index is -0.576. The number of rotatable bonds is 0. The zero-order valence-electron chi connectivity index (χ0n) is 7.50. The summed E-state index contributed by atoms with van der Waals surface area (Å²) >= 11 is 0. The number of hydrogen-bond acceptors (Lipinski definition) is 4. The lowest BCUT2D eigenvalue weighted by molar-refractivity contribution is 1.04. The highest BCUT2D eigenvalue weighted by Crippen LogP contribution is 1.91. The summed E-state index contributed by atoms with van der Waals surface area (Å²) in [5, 5.41) is 0. The fourth-order valence-electron chi connectivity index (χ4n) is 0.897. The van der Waals surface area contributed by atoms with E-state index in [0.29, 0.717) is 0 Å². The summed E-state index contributed by atoms with van der Waals surface area (Å²) in [6.45, 7) is 0. The van der Waals surface area contributed by atoms with Crippen LogP contribution in [0.5, 0.6) is 0 Å². The first-order valence-corrected chi connectivity index (χ1v) is 3.21. The zero-order valence-corrected chi connectivity index (χ0v) is 10.8. The average molecular weight is 310 g/mol. The molecule has 0 aromatic carbocycles. The van der Waals surface area contributed by atoms with Crippen molar-refractivity contribution in [1.29, 1.82) is 0 Å². The first kappa shape index (κ1) is 20.6. The van der Waals surface area contributed by atoms with Crippen LogP contribution in [0.3, 0.4) is 0 Å². The predicted molar refractivity (Wildman–Crippen MR) is 69.8 cm³/mol. The number of fused-ring (bicyclic) bond motifs is 1. The van der Waals surface area contributed by atoms with Crippen molar-refractivity contribution in [3.8, 4) is 0 Å². The Hall–Kier alpha value is -0.820. The number of aromatic nitrogens is 4. The molecule has 0 amide bonds. The molecule has 0 saturated carbocycles. The second kappa shape index (κ2) is 8.35. The quantitative estimate of drug-likeness (QED) is 0.749. The maximum absolute atomic E-state index is 11.0. The van der Waals surface area contributed by atoms with Crippen molar-refractivity contribution in [2.24, 2.45) is 0 Å². The van der Waals surface area contributed by atoms with Gasteiger partial charge in [-0.3, -0.25) is 14.8 Å². The van der Waals surface area contributed by atoms with Crippen LogP contribution in [0.25, 0.3) is 11.2 Å². The second-order valence-electron chi connectivity index (χ2n) is 2.16. The molecule has 0 aliphatic carbocycles. The van der Waals surface area contributed by atoms with Gasteiger partial charge in [0.15, 0.2) is 11.2 Å². The molecule has 16 heavy (non-hydrogen) atoms. The Balaban J connectivity index is -0.000000422. The first-order chi connectivity index (χ1) is 5.77. The van der Waals surface area contributed by atoms with E-state index in [1.807, 2.05) is 4.98 Å². The lowest BCUT2D eigenvalue weighted by atomic mass is 10.5. The third-order valence-corrected chi connectivity index (χ3v) is 1.37. The van der Waals surface area contributed by atoms with Gasteiger partial charge in [-0.05, 0) is 0 Å². The van der Waals surface area contributed by atoms with Gasteiger partial charge >= 0.3 is 5.69 Å². The molecule has 0 saturated heterocycles.